The van der Waals surface area contributed by atoms with E-state index in [1.165, 1.54) is 0 Å². The number of aromatic nitrogens is 2. The monoisotopic (exact) mass is 478 g/mol. The van der Waals surface area contributed by atoms with E-state index < -0.39 is 0 Å². The minimum absolute atomic E-state index is 0.799. The van der Waals surface area contributed by atoms with Crippen LogP contribution in [-0.4, -0.2) is 9.97 Å². The third-order valence-electron chi connectivity index (χ3n) is 5.14. The van der Waals surface area contributed by atoms with Gasteiger partial charge in [0, 0.05) is 11.1 Å². The van der Waals surface area contributed by atoms with Crippen molar-refractivity contribution in [2.75, 3.05) is 0 Å². The molecule has 0 spiro atoms. The largest absolute Gasteiger partial charge is 0.457 e. The molecule has 0 aliphatic carbocycles. The fraction of sp³-hybridized carbons (Fsp3) is 0. The van der Waals surface area contributed by atoms with Crippen molar-refractivity contribution in [3.8, 4) is 44.1 Å². The highest BCUT2D eigenvalue weighted by Gasteiger charge is 2.13. The lowest BCUT2D eigenvalue weighted by Gasteiger charge is -2.05. The van der Waals surface area contributed by atoms with Crippen molar-refractivity contribution in [3.05, 3.63) is 109 Å². The summed E-state index contributed by atoms with van der Waals surface area (Å²) in [5, 5.41) is 1.91. The van der Waals surface area contributed by atoms with Gasteiger partial charge in [0.2, 0.25) is 0 Å². The van der Waals surface area contributed by atoms with Crippen LogP contribution >= 0.6 is 22.7 Å². The van der Waals surface area contributed by atoms with Crippen LogP contribution in [0.4, 0.5) is 0 Å². The summed E-state index contributed by atoms with van der Waals surface area (Å²) >= 11 is 3.21. The molecule has 0 unspecified atom stereocenters. The molecule has 6 rings (SSSR count). The van der Waals surface area contributed by atoms with Gasteiger partial charge in [-0.3, -0.25) is 0 Å². The summed E-state index contributed by atoms with van der Waals surface area (Å²) in [4.78, 5) is 11.5. The van der Waals surface area contributed by atoms with Crippen molar-refractivity contribution >= 4 is 32.3 Å². The molecule has 6 aromatic rings. The molecule has 0 saturated carbocycles. The van der Waals surface area contributed by atoms with Crippen LogP contribution in [-0.2, 0) is 0 Å². The summed E-state index contributed by atoms with van der Waals surface area (Å²) < 4.78 is 11.8. The first-order chi connectivity index (χ1) is 16.8. The van der Waals surface area contributed by atoms with Crippen LogP contribution in [0.25, 0.3) is 30.8 Å². The topological polar surface area (TPSA) is 44.2 Å². The van der Waals surface area contributed by atoms with Crippen molar-refractivity contribution in [2.24, 2.45) is 0 Å². The van der Waals surface area contributed by atoms with Crippen LogP contribution in [0.5, 0.6) is 23.0 Å². The molecule has 0 radical (unpaired) electrons. The molecule has 0 fully saturated rings. The van der Waals surface area contributed by atoms with Crippen LogP contribution in [0.1, 0.15) is 0 Å². The zero-order chi connectivity index (χ0) is 22.7. The number of benzene rings is 4. The maximum absolute atomic E-state index is 5.88. The average molecular weight is 479 g/mol. The quantitative estimate of drug-likeness (QED) is 0.240. The van der Waals surface area contributed by atoms with E-state index >= 15 is 0 Å². The van der Waals surface area contributed by atoms with Crippen LogP contribution in [0.15, 0.2) is 109 Å². The molecular weight excluding hydrogens is 460 g/mol. The van der Waals surface area contributed by atoms with Crippen molar-refractivity contribution in [1.29, 1.82) is 0 Å². The molecule has 0 N–H and O–H groups in total. The summed E-state index contributed by atoms with van der Waals surface area (Å²) in [7, 11) is 0. The molecule has 2 aromatic heterocycles. The summed E-state index contributed by atoms with van der Waals surface area (Å²) in [6, 6.07) is 35.5. The van der Waals surface area contributed by atoms with E-state index in [0.717, 1.165) is 53.8 Å². The van der Waals surface area contributed by atoms with E-state index in [2.05, 4.69) is 0 Å². The summed E-state index contributed by atoms with van der Waals surface area (Å²) in [6.45, 7) is 0. The van der Waals surface area contributed by atoms with Crippen molar-refractivity contribution in [3.63, 3.8) is 0 Å². The first-order valence-corrected chi connectivity index (χ1v) is 12.4. The van der Waals surface area contributed by atoms with E-state index in [1.807, 2.05) is 109 Å². The lowest BCUT2D eigenvalue weighted by molar-refractivity contribution is 0.482. The Morgan fingerprint density at radius 2 is 0.765 bits per heavy atom. The van der Waals surface area contributed by atoms with Gasteiger partial charge in [0.1, 0.15) is 33.0 Å². The highest BCUT2D eigenvalue weighted by Crippen LogP contribution is 2.37. The number of rotatable bonds is 6. The average Bonchev–Trinajstić information content (AvgIpc) is 3.46. The van der Waals surface area contributed by atoms with E-state index in [9.17, 15) is 0 Å². The fourth-order valence-electron chi connectivity index (χ4n) is 3.47. The molecule has 164 valence electrons. The number of hydrogen-bond acceptors (Lipinski definition) is 6. The maximum Gasteiger partial charge on any atom is 0.155 e. The Kier molecular flexibility index (Phi) is 5.51. The number of thiazole rings is 2. The third kappa shape index (κ3) is 4.41. The second-order valence-corrected chi connectivity index (χ2v) is 9.48. The molecule has 0 atom stereocenters. The van der Waals surface area contributed by atoms with Crippen LogP contribution < -0.4 is 9.47 Å². The van der Waals surface area contributed by atoms with E-state index in [-0.39, 0.29) is 0 Å². The van der Waals surface area contributed by atoms with Gasteiger partial charge in [-0.1, -0.05) is 59.1 Å². The van der Waals surface area contributed by atoms with Gasteiger partial charge < -0.3 is 9.47 Å². The molecule has 0 bridgehead atoms. The second-order valence-electron chi connectivity index (χ2n) is 7.53. The smallest absolute Gasteiger partial charge is 0.155 e. The highest BCUT2D eigenvalue weighted by molar-refractivity contribution is 7.29. The van der Waals surface area contributed by atoms with Gasteiger partial charge in [-0.25, -0.2) is 9.97 Å². The highest BCUT2D eigenvalue weighted by atomic mass is 32.1. The van der Waals surface area contributed by atoms with Gasteiger partial charge in [0.25, 0.3) is 0 Å². The molecule has 0 amide bonds. The molecule has 0 aliphatic heterocycles. The number of hydrogen-bond donors (Lipinski definition) is 0. The third-order valence-corrected chi connectivity index (χ3v) is 7.26. The molecule has 4 nitrogen and oxygen atoms in total. The van der Waals surface area contributed by atoms with Crippen molar-refractivity contribution < 1.29 is 9.47 Å². The summed E-state index contributed by atoms with van der Waals surface area (Å²) in [6.07, 6.45) is 0. The Bertz CT molecular complexity index is 1380. The van der Waals surface area contributed by atoms with Crippen LogP contribution in [0, 0.1) is 0 Å². The fourth-order valence-corrected chi connectivity index (χ4v) is 5.52. The number of ether oxygens (including phenoxy) is 2. The number of fused-ring (bicyclic) bond motifs is 1. The Labute approximate surface area is 204 Å². The van der Waals surface area contributed by atoms with E-state index in [4.69, 9.17) is 19.4 Å². The molecule has 2 heterocycles. The second kappa shape index (κ2) is 9.09. The Balaban J connectivity index is 1.18. The lowest BCUT2D eigenvalue weighted by atomic mass is 10.2. The Morgan fingerprint density at radius 1 is 0.412 bits per heavy atom. The minimum atomic E-state index is 0.799. The van der Waals surface area contributed by atoms with E-state index in [1.54, 1.807) is 22.7 Å². The minimum Gasteiger partial charge on any atom is -0.457 e. The molecule has 0 saturated heterocycles. The molecule has 0 aliphatic rings. The van der Waals surface area contributed by atoms with Crippen molar-refractivity contribution in [2.45, 2.75) is 0 Å². The summed E-state index contributed by atoms with van der Waals surface area (Å²) in [5.41, 5.74) is 2.11. The van der Waals surface area contributed by atoms with Gasteiger partial charge in [0.15, 0.2) is 9.66 Å². The van der Waals surface area contributed by atoms with E-state index in [0.29, 0.717) is 0 Å². The predicted molar refractivity (Wildman–Crippen MR) is 139 cm³/mol. The van der Waals surface area contributed by atoms with Gasteiger partial charge in [0.05, 0.1) is 0 Å². The molecule has 6 heteroatoms. The van der Waals surface area contributed by atoms with Gasteiger partial charge in [-0.05, 0) is 72.8 Å². The molecular formula is C28H18N2O2S2. The Hall–Kier alpha value is -4.00. The lowest BCUT2D eigenvalue weighted by Crippen LogP contribution is -1.84. The number of para-hydroxylation sites is 2. The molecule has 34 heavy (non-hydrogen) atoms. The first-order valence-electron chi connectivity index (χ1n) is 10.7. The maximum atomic E-state index is 5.88. The van der Waals surface area contributed by atoms with Gasteiger partial charge in [-0.15, -0.1) is 0 Å². The van der Waals surface area contributed by atoms with Gasteiger partial charge >= 0.3 is 0 Å². The zero-order valence-corrected chi connectivity index (χ0v) is 19.6. The van der Waals surface area contributed by atoms with Crippen LogP contribution in [0.2, 0.25) is 0 Å². The van der Waals surface area contributed by atoms with Crippen LogP contribution in [0.3, 0.4) is 0 Å². The first kappa shape index (κ1) is 20.6. The van der Waals surface area contributed by atoms with Crippen molar-refractivity contribution in [1.82, 2.24) is 9.97 Å². The normalized spacial score (nSPS) is 10.9. The number of nitrogens with zero attached hydrogens (tertiary/aromatic N) is 2. The zero-order valence-electron chi connectivity index (χ0n) is 17.9. The predicted octanol–water partition coefficient (Wildman–Crippen LogP) is 8.67. The SMILES string of the molecule is c1ccc(Oc2ccc(-c3nc4sc(-c5ccc(Oc6ccccc6)cc5)nc4s3)cc2)cc1. The standard InChI is InChI=1S/C28H18N2O2S2/c1-3-7-21(8-4-1)31-23-15-11-19(12-16-23)25-29-27-28(33-25)30-26(34-27)20-13-17-24(18-14-20)32-22-9-5-2-6-10-22/h1-18H. The Morgan fingerprint density at radius 3 is 1.15 bits per heavy atom. The summed E-state index contributed by atoms with van der Waals surface area (Å²) in [5.74, 6) is 3.24. The van der Waals surface area contributed by atoms with Gasteiger partial charge in [-0.2, -0.15) is 0 Å². The molecule has 4 aromatic carbocycles.